The monoisotopic (exact) mass is 708 g/mol. The van der Waals surface area contributed by atoms with Crippen LogP contribution in [0, 0.1) is 10.8 Å². The molecule has 7 rings (SSSR count). The van der Waals surface area contributed by atoms with Gasteiger partial charge in [-0.1, -0.05) is 32.9 Å². The van der Waals surface area contributed by atoms with Crippen molar-refractivity contribution < 1.29 is 47.5 Å². The summed E-state index contributed by atoms with van der Waals surface area (Å²) in [4.78, 5) is 26.0. The lowest BCUT2D eigenvalue weighted by Gasteiger charge is -2.40. The Bertz CT molecular complexity index is 1730. The number of esters is 2. The van der Waals surface area contributed by atoms with Crippen LogP contribution in [0.15, 0.2) is 84.9 Å². The molecule has 2 aliphatic heterocycles. The number of benzene rings is 4. The molecular formula is C42H44O10. The Morgan fingerprint density at radius 1 is 0.596 bits per heavy atom. The van der Waals surface area contributed by atoms with Crippen LogP contribution in [0.4, 0.5) is 0 Å². The summed E-state index contributed by atoms with van der Waals surface area (Å²) in [6.07, 6.45) is 2.00. The lowest BCUT2D eigenvalue weighted by atomic mass is 9.84. The summed E-state index contributed by atoms with van der Waals surface area (Å²) < 4.78 is 45.0. The molecule has 4 aromatic carbocycles. The number of carbonyl (C=O) groups excluding carboxylic acids is 2. The summed E-state index contributed by atoms with van der Waals surface area (Å²) in [6.45, 7) is 10.7. The molecule has 0 saturated carbocycles. The first kappa shape index (κ1) is 35.7. The van der Waals surface area contributed by atoms with E-state index in [1.165, 1.54) is 0 Å². The molecule has 4 aromatic rings. The van der Waals surface area contributed by atoms with E-state index in [0.717, 1.165) is 61.5 Å². The molecule has 2 fully saturated rings. The van der Waals surface area contributed by atoms with Crippen LogP contribution >= 0.6 is 0 Å². The molecule has 10 nitrogen and oxygen atoms in total. The van der Waals surface area contributed by atoms with E-state index in [0.29, 0.717) is 47.3 Å². The number of carbonyl (C=O) groups is 2. The SMILES string of the molecule is CCC1(COCOc2ccc(C(=O)Oc3ccc4c(c3)C(C)c3cc(OC(=O)c5ccc(OCOCC6(CC)COC6)cc5)ccc3-4)cc2)COC1. The number of hydrogen-bond acceptors (Lipinski definition) is 10. The Balaban J connectivity index is 0.900. The van der Waals surface area contributed by atoms with Crippen molar-refractivity contribution in [2.75, 3.05) is 53.2 Å². The predicted molar refractivity (Wildman–Crippen MR) is 192 cm³/mol. The van der Waals surface area contributed by atoms with Gasteiger partial charge in [-0.2, -0.15) is 0 Å². The third kappa shape index (κ3) is 7.71. The largest absolute Gasteiger partial charge is 0.468 e. The molecule has 2 saturated heterocycles. The summed E-state index contributed by atoms with van der Waals surface area (Å²) in [5, 5.41) is 0. The second kappa shape index (κ2) is 15.5. The lowest BCUT2D eigenvalue weighted by Crippen LogP contribution is -2.45. The van der Waals surface area contributed by atoms with E-state index in [4.69, 9.17) is 37.9 Å². The predicted octanol–water partition coefficient (Wildman–Crippen LogP) is 7.82. The quantitative estimate of drug-likeness (QED) is 0.0495. The van der Waals surface area contributed by atoms with Crippen LogP contribution in [-0.4, -0.2) is 65.2 Å². The normalized spacial score (nSPS) is 16.5. The van der Waals surface area contributed by atoms with Crippen molar-refractivity contribution in [3.8, 4) is 34.1 Å². The minimum Gasteiger partial charge on any atom is -0.468 e. The van der Waals surface area contributed by atoms with Crippen LogP contribution in [0.3, 0.4) is 0 Å². The van der Waals surface area contributed by atoms with Crippen molar-refractivity contribution in [2.24, 2.45) is 10.8 Å². The topological polar surface area (TPSA) is 108 Å². The maximum Gasteiger partial charge on any atom is 0.343 e. The number of hydrogen-bond donors (Lipinski definition) is 0. The standard InChI is InChI=1S/C42H44O10/c1-4-41(20-45-21-41)24-47-26-49-31-10-6-29(7-11-31)39(43)51-33-14-16-35-36-17-15-34(19-38(36)28(3)37(35)18-33)52-40(44)30-8-12-32(13-9-30)50-27-48-25-42(5-2)22-46-23-42/h6-19,28H,4-5,20-27H2,1-3H3. The minimum absolute atomic E-state index is 0.00680. The van der Waals surface area contributed by atoms with Gasteiger partial charge in [0.2, 0.25) is 0 Å². The van der Waals surface area contributed by atoms with Gasteiger partial charge in [-0.05, 0) is 108 Å². The zero-order chi connectivity index (χ0) is 36.1. The van der Waals surface area contributed by atoms with Crippen LogP contribution in [0.25, 0.3) is 11.1 Å². The highest BCUT2D eigenvalue weighted by Crippen LogP contribution is 2.47. The van der Waals surface area contributed by atoms with Crippen molar-refractivity contribution >= 4 is 11.9 Å². The molecule has 0 spiro atoms. The van der Waals surface area contributed by atoms with E-state index >= 15 is 0 Å². The Morgan fingerprint density at radius 3 is 1.33 bits per heavy atom. The molecule has 10 heteroatoms. The number of ether oxygens (including phenoxy) is 8. The molecule has 2 heterocycles. The van der Waals surface area contributed by atoms with Gasteiger partial charge in [-0.3, -0.25) is 0 Å². The van der Waals surface area contributed by atoms with Crippen molar-refractivity contribution in [1.29, 1.82) is 0 Å². The van der Waals surface area contributed by atoms with Crippen LogP contribution < -0.4 is 18.9 Å². The summed E-state index contributed by atoms with van der Waals surface area (Å²) >= 11 is 0. The highest BCUT2D eigenvalue weighted by atomic mass is 16.7. The fraction of sp³-hybridized carbons (Fsp3) is 0.381. The van der Waals surface area contributed by atoms with Gasteiger partial charge in [0, 0.05) is 16.7 Å². The van der Waals surface area contributed by atoms with Crippen LogP contribution in [-0.2, 0) is 18.9 Å². The zero-order valence-corrected chi connectivity index (χ0v) is 29.8. The Morgan fingerprint density at radius 2 is 0.981 bits per heavy atom. The van der Waals surface area contributed by atoms with E-state index in [9.17, 15) is 9.59 Å². The Kier molecular flexibility index (Phi) is 10.6. The summed E-state index contributed by atoms with van der Waals surface area (Å²) in [5.74, 6) is 1.17. The first-order chi connectivity index (χ1) is 25.3. The molecule has 0 radical (unpaired) electrons. The fourth-order valence-electron chi connectivity index (χ4n) is 6.59. The molecule has 0 atom stereocenters. The number of rotatable bonds is 16. The van der Waals surface area contributed by atoms with E-state index in [2.05, 4.69) is 20.8 Å². The van der Waals surface area contributed by atoms with Crippen molar-refractivity contribution in [2.45, 2.75) is 39.5 Å². The third-order valence-corrected chi connectivity index (χ3v) is 10.4. The molecule has 0 N–H and O–H groups in total. The maximum absolute atomic E-state index is 13.0. The van der Waals surface area contributed by atoms with Crippen molar-refractivity contribution in [3.05, 3.63) is 107 Å². The average molecular weight is 709 g/mol. The average Bonchev–Trinajstić information content (AvgIpc) is 3.40. The summed E-state index contributed by atoms with van der Waals surface area (Å²) in [6, 6.07) is 24.9. The van der Waals surface area contributed by atoms with Gasteiger partial charge in [0.1, 0.15) is 23.0 Å². The van der Waals surface area contributed by atoms with E-state index in [1.807, 2.05) is 24.3 Å². The summed E-state index contributed by atoms with van der Waals surface area (Å²) in [7, 11) is 0. The highest BCUT2D eigenvalue weighted by molar-refractivity contribution is 5.92. The maximum atomic E-state index is 13.0. The van der Waals surface area contributed by atoms with Crippen LogP contribution in [0.1, 0.15) is 71.4 Å². The van der Waals surface area contributed by atoms with Gasteiger partial charge in [0.15, 0.2) is 13.6 Å². The third-order valence-electron chi connectivity index (χ3n) is 10.4. The first-order valence-electron chi connectivity index (χ1n) is 17.8. The molecule has 52 heavy (non-hydrogen) atoms. The molecule has 0 unspecified atom stereocenters. The molecule has 272 valence electrons. The lowest BCUT2D eigenvalue weighted by molar-refractivity contribution is -0.162. The van der Waals surface area contributed by atoms with Gasteiger partial charge >= 0.3 is 11.9 Å². The number of fused-ring (bicyclic) bond motifs is 3. The van der Waals surface area contributed by atoms with Crippen molar-refractivity contribution in [3.63, 3.8) is 0 Å². The van der Waals surface area contributed by atoms with E-state index in [-0.39, 0.29) is 30.3 Å². The van der Waals surface area contributed by atoms with Crippen molar-refractivity contribution in [1.82, 2.24) is 0 Å². The van der Waals surface area contributed by atoms with Gasteiger partial charge in [0.05, 0.1) is 50.8 Å². The molecule has 3 aliphatic rings. The Labute approximate surface area is 303 Å². The molecule has 0 aromatic heterocycles. The molecule has 0 bridgehead atoms. The highest BCUT2D eigenvalue weighted by Gasteiger charge is 2.38. The van der Waals surface area contributed by atoms with Gasteiger partial charge in [0.25, 0.3) is 0 Å². The smallest absolute Gasteiger partial charge is 0.343 e. The summed E-state index contributed by atoms with van der Waals surface area (Å²) in [5.41, 5.74) is 5.14. The van der Waals surface area contributed by atoms with Gasteiger partial charge in [-0.25, -0.2) is 9.59 Å². The second-order valence-corrected chi connectivity index (χ2v) is 14.0. The second-order valence-electron chi connectivity index (χ2n) is 14.0. The molecular weight excluding hydrogens is 664 g/mol. The van der Waals surface area contributed by atoms with Crippen LogP contribution in [0.5, 0.6) is 23.0 Å². The molecule has 0 amide bonds. The first-order valence-corrected chi connectivity index (χ1v) is 17.8. The fourth-order valence-corrected chi connectivity index (χ4v) is 6.59. The zero-order valence-electron chi connectivity index (χ0n) is 29.8. The Hall–Kier alpha value is -4.74. The van der Waals surface area contributed by atoms with Crippen LogP contribution in [0.2, 0.25) is 0 Å². The van der Waals surface area contributed by atoms with Gasteiger partial charge < -0.3 is 37.9 Å². The molecule has 1 aliphatic carbocycles. The minimum atomic E-state index is -0.465. The van der Waals surface area contributed by atoms with E-state index < -0.39 is 11.9 Å². The van der Waals surface area contributed by atoms with E-state index in [1.54, 1.807) is 60.7 Å². The van der Waals surface area contributed by atoms with Gasteiger partial charge in [-0.15, -0.1) is 0 Å².